The van der Waals surface area contributed by atoms with Crippen LogP contribution >= 0.6 is 0 Å². The molecule has 0 heterocycles. The molecular formula is C22H30O2. The van der Waals surface area contributed by atoms with Crippen molar-refractivity contribution in [2.24, 2.45) is 29.1 Å². The summed E-state index contributed by atoms with van der Waals surface area (Å²) in [5, 5.41) is 10.6. The predicted octanol–water partition coefficient (Wildman–Crippen LogP) is 4.60. The van der Waals surface area contributed by atoms with E-state index in [9.17, 15) is 9.90 Å². The number of hydrogen-bond acceptors (Lipinski definition) is 2. The van der Waals surface area contributed by atoms with Crippen LogP contribution in [-0.2, 0) is 4.79 Å². The molecule has 0 radical (unpaired) electrons. The molecule has 2 saturated carbocycles. The highest BCUT2D eigenvalue weighted by Crippen LogP contribution is 2.61. The van der Waals surface area contributed by atoms with Crippen LogP contribution in [-0.4, -0.2) is 17.0 Å². The number of carbonyl (C=O) groups excluding carboxylic acids is 1. The van der Waals surface area contributed by atoms with E-state index in [1.54, 1.807) is 5.57 Å². The van der Waals surface area contributed by atoms with E-state index in [-0.39, 0.29) is 11.5 Å². The molecule has 2 heteroatoms. The first kappa shape index (κ1) is 16.3. The second kappa shape index (κ2) is 5.98. The fourth-order valence-corrected chi connectivity index (χ4v) is 6.30. The van der Waals surface area contributed by atoms with Gasteiger partial charge in [-0.05, 0) is 74.7 Å². The van der Waals surface area contributed by atoms with Crippen LogP contribution in [0.2, 0.25) is 0 Å². The van der Waals surface area contributed by atoms with Crippen LogP contribution in [0.15, 0.2) is 36.0 Å². The molecule has 2 nitrogen and oxygen atoms in total. The van der Waals surface area contributed by atoms with Gasteiger partial charge in [0.2, 0.25) is 0 Å². The standard InChI is InChI=1S/C22H30O2/c1-3-4-5-14-12-15-13-16(23)6-7-17(15)18-10-11-22(2)19(21(14)18)8-9-20(22)24/h3,8,13-14,17-18,20-21,24H,1,4-7,9-12H2,2H3/t14-,17+,18-,20+,21-,22+/m1/s1. The van der Waals surface area contributed by atoms with Gasteiger partial charge < -0.3 is 5.11 Å². The quantitative estimate of drug-likeness (QED) is 0.770. The predicted molar refractivity (Wildman–Crippen MR) is 96.4 cm³/mol. The van der Waals surface area contributed by atoms with E-state index in [0.29, 0.717) is 29.5 Å². The number of rotatable bonds is 3. The van der Waals surface area contributed by atoms with Crippen LogP contribution in [0, 0.1) is 29.1 Å². The van der Waals surface area contributed by atoms with Crippen LogP contribution in [0.4, 0.5) is 0 Å². The van der Waals surface area contributed by atoms with Crippen LogP contribution in [0.5, 0.6) is 0 Å². The van der Waals surface area contributed by atoms with Gasteiger partial charge in [-0.2, -0.15) is 0 Å². The minimum absolute atomic E-state index is 0.000695. The summed E-state index contributed by atoms with van der Waals surface area (Å²) in [7, 11) is 0. The first-order chi connectivity index (χ1) is 11.5. The molecule has 130 valence electrons. The molecule has 0 unspecified atom stereocenters. The third-order valence-corrected chi connectivity index (χ3v) is 7.56. The molecular weight excluding hydrogens is 296 g/mol. The van der Waals surface area contributed by atoms with Gasteiger partial charge in [0.05, 0.1) is 6.10 Å². The summed E-state index contributed by atoms with van der Waals surface area (Å²) in [6, 6.07) is 0. The number of ketones is 1. The Labute approximate surface area is 145 Å². The number of carbonyl (C=O) groups is 1. The maximum absolute atomic E-state index is 11.9. The van der Waals surface area contributed by atoms with E-state index in [1.165, 1.54) is 12.0 Å². The molecule has 4 rings (SSSR count). The molecule has 0 aliphatic heterocycles. The Morgan fingerprint density at radius 2 is 2.25 bits per heavy atom. The van der Waals surface area contributed by atoms with Crippen LogP contribution in [0.25, 0.3) is 0 Å². The largest absolute Gasteiger partial charge is 0.392 e. The Hall–Kier alpha value is -1.15. The van der Waals surface area contributed by atoms with Crippen molar-refractivity contribution in [2.45, 2.75) is 64.4 Å². The van der Waals surface area contributed by atoms with Gasteiger partial charge in [-0.3, -0.25) is 4.79 Å². The van der Waals surface area contributed by atoms with Gasteiger partial charge in [-0.1, -0.05) is 30.2 Å². The zero-order chi connectivity index (χ0) is 16.9. The van der Waals surface area contributed by atoms with Crippen molar-refractivity contribution in [1.82, 2.24) is 0 Å². The number of aliphatic hydroxyl groups is 1. The lowest BCUT2D eigenvalue weighted by Crippen LogP contribution is -2.47. The van der Waals surface area contributed by atoms with Crippen molar-refractivity contribution in [3.8, 4) is 0 Å². The van der Waals surface area contributed by atoms with Gasteiger partial charge in [0, 0.05) is 11.8 Å². The Morgan fingerprint density at radius 1 is 1.42 bits per heavy atom. The summed E-state index contributed by atoms with van der Waals surface area (Å²) in [6.45, 7) is 6.20. The highest BCUT2D eigenvalue weighted by Gasteiger charge is 2.54. The molecule has 0 aromatic heterocycles. The Morgan fingerprint density at radius 3 is 3.04 bits per heavy atom. The molecule has 4 aliphatic carbocycles. The van der Waals surface area contributed by atoms with E-state index in [2.05, 4.69) is 19.6 Å². The summed E-state index contributed by atoms with van der Waals surface area (Å²) >= 11 is 0. The molecule has 1 N–H and O–H groups in total. The molecule has 0 aromatic carbocycles. The van der Waals surface area contributed by atoms with Crippen LogP contribution in [0.1, 0.15) is 58.3 Å². The van der Waals surface area contributed by atoms with Gasteiger partial charge in [-0.25, -0.2) is 0 Å². The maximum atomic E-state index is 11.9. The van der Waals surface area contributed by atoms with E-state index in [0.717, 1.165) is 44.9 Å². The number of hydrogen-bond donors (Lipinski definition) is 1. The highest BCUT2D eigenvalue weighted by molar-refractivity contribution is 5.91. The molecule has 0 amide bonds. The smallest absolute Gasteiger partial charge is 0.155 e. The van der Waals surface area contributed by atoms with Crippen LogP contribution in [0.3, 0.4) is 0 Å². The van der Waals surface area contributed by atoms with Crippen molar-refractivity contribution in [1.29, 1.82) is 0 Å². The van der Waals surface area contributed by atoms with Crippen molar-refractivity contribution < 1.29 is 9.90 Å². The van der Waals surface area contributed by atoms with E-state index < -0.39 is 0 Å². The zero-order valence-corrected chi connectivity index (χ0v) is 14.8. The van der Waals surface area contributed by atoms with Crippen molar-refractivity contribution in [3.05, 3.63) is 36.0 Å². The first-order valence-corrected chi connectivity index (χ1v) is 9.77. The van der Waals surface area contributed by atoms with Crippen LogP contribution < -0.4 is 0 Å². The average Bonchev–Trinajstić information content (AvgIpc) is 2.87. The van der Waals surface area contributed by atoms with Gasteiger partial charge in [-0.15, -0.1) is 6.58 Å². The summed E-state index contributed by atoms with van der Waals surface area (Å²) < 4.78 is 0. The lowest BCUT2D eigenvalue weighted by Gasteiger charge is -2.54. The maximum Gasteiger partial charge on any atom is 0.155 e. The second-order valence-corrected chi connectivity index (χ2v) is 8.72. The molecule has 2 fully saturated rings. The lowest BCUT2D eigenvalue weighted by molar-refractivity contribution is -0.115. The first-order valence-electron chi connectivity index (χ1n) is 9.77. The highest BCUT2D eigenvalue weighted by atomic mass is 16.3. The Kier molecular flexibility index (Phi) is 4.07. The molecule has 24 heavy (non-hydrogen) atoms. The van der Waals surface area contributed by atoms with Gasteiger partial charge >= 0.3 is 0 Å². The third-order valence-electron chi connectivity index (χ3n) is 7.56. The fraction of sp³-hybridized carbons (Fsp3) is 0.682. The molecule has 0 bridgehead atoms. The minimum Gasteiger partial charge on any atom is -0.392 e. The number of fused-ring (bicyclic) bond motifs is 5. The second-order valence-electron chi connectivity index (χ2n) is 8.72. The summed E-state index contributed by atoms with van der Waals surface area (Å²) in [5.74, 6) is 2.83. The SMILES string of the molecule is C=CCC[C@@H]1CC2=CC(=O)CC[C@@H]2[C@H]2CC[C@@]3(C)C(=CC[C@@H]3O)[C@H]12. The average molecular weight is 326 g/mol. The zero-order valence-electron chi connectivity index (χ0n) is 14.8. The molecule has 4 aliphatic rings. The lowest BCUT2D eigenvalue weighted by atomic mass is 9.51. The molecule has 6 atom stereocenters. The number of allylic oxidation sites excluding steroid dienone is 3. The molecule has 0 spiro atoms. The van der Waals surface area contributed by atoms with Crippen molar-refractivity contribution in [2.75, 3.05) is 0 Å². The van der Waals surface area contributed by atoms with Crippen molar-refractivity contribution in [3.63, 3.8) is 0 Å². The topological polar surface area (TPSA) is 37.3 Å². The Balaban J connectivity index is 1.71. The normalized spacial score (nSPS) is 44.1. The molecule has 0 saturated heterocycles. The minimum atomic E-state index is -0.196. The molecule has 0 aromatic rings. The number of aliphatic hydroxyl groups excluding tert-OH is 1. The fourth-order valence-electron chi connectivity index (χ4n) is 6.30. The van der Waals surface area contributed by atoms with Crippen molar-refractivity contribution >= 4 is 5.78 Å². The van der Waals surface area contributed by atoms with Gasteiger partial charge in [0.25, 0.3) is 0 Å². The summed E-state index contributed by atoms with van der Waals surface area (Å²) in [5.41, 5.74) is 2.99. The monoisotopic (exact) mass is 326 g/mol. The van der Waals surface area contributed by atoms with E-state index >= 15 is 0 Å². The third kappa shape index (κ3) is 2.37. The summed E-state index contributed by atoms with van der Waals surface area (Å²) in [6.07, 6.45) is 14.4. The van der Waals surface area contributed by atoms with Gasteiger partial charge in [0.15, 0.2) is 5.78 Å². The van der Waals surface area contributed by atoms with E-state index in [4.69, 9.17) is 0 Å². The van der Waals surface area contributed by atoms with E-state index in [1.807, 2.05) is 12.2 Å². The van der Waals surface area contributed by atoms with Gasteiger partial charge in [0.1, 0.15) is 0 Å². The Bertz CT molecular complexity index is 613. The summed E-state index contributed by atoms with van der Waals surface area (Å²) in [4.78, 5) is 11.9.